The zero-order chi connectivity index (χ0) is 17.6. The van der Waals surface area contributed by atoms with E-state index in [2.05, 4.69) is 39.7 Å². The Bertz CT molecular complexity index is 664. The number of rotatable bonds is 6. The van der Waals surface area contributed by atoms with Crippen molar-refractivity contribution in [1.29, 1.82) is 0 Å². The van der Waals surface area contributed by atoms with Crippen LogP contribution in [0.25, 0.3) is 0 Å². The summed E-state index contributed by atoms with van der Waals surface area (Å²) in [5.41, 5.74) is 0.657. The third kappa shape index (κ3) is 4.60. The van der Waals surface area contributed by atoms with Crippen LogP contribution in [0.5, 0.6) is 5.75 Å². The van der Waals surface area contributed by atoms with Gasteiger partial charge in [0.2, 0.25) is 0 Å². The zero-order valence-corrected chi connectivity index (χ0v) is 15.6. The summed E-state index contributed by atoms with van der Waals surface area (Å²) in [6.07, 6.45) is 0. The Morgan fingerprint density at radius 3 is 2.52 bits per heavy atom. The lowest BCUT2D eigenvalue weighted by molar-refractivity contribution is 0.0890. The van der Waals surface area contributed by atoms with Crippen molar-refractivity contribution in [3.8, 4) is 5.75 Å². The third-order valence-electron chi connectivity index (χ3n) is 4.66. The number of piperazine rings is 1. The molecule has 1 aromatic carbocycles. The highest BCUT2D eigenvalue weighted by Crippen LogP contribution is 2.25. The van der Waals surface area contributed by atoms with Crippen LogP contribution in [0.15, 0.2) is 41.8 Å². The van der Waals surface area contributed by atoms with E-state index in [0.717, 1.165) is 31.9 Å². The van der Waals surface area contributed by atoms with E-state index < -0.39 is 0 Å². The second-order valence-electron chi connectivity index (χ2n) is 6.31. The second kappa shape index (κ2) is 8.47. The topological polar surface area (TPSA) is 44.8 Å². The van der Waals surface area contributed by atoms with E-state index in [-0.39, 0.29) is 11.9 Å². The van der Waals surface area contributed by atoms with Crippen molar-refractivity contribution in [2.45, 2.75) is 6.04 Å². The predicted molar refractivity (Wildman–Crippen MR) is 101 cm³/mol. The Labute approximate surface area is 153 Å². The first kappa shape index (κ1) is 17.9. The highest BCUT2D eigenvalue weighted by atomic mass is 32.1. The summed E-state index contributed by atoms with van der Waals surface area (Å²) >= 11 is 1.75. The molecular formula is C19H25N3O2S. The summed E-state index contributed by atoms with van der Waals surface area (Å²) in [7, 11) is 3.78. The molecule has 3 rings (SSSR count). The fourth-order valence-corrected chi connectivity index (χ4v) is 3.92. The van der Waals surface area contributed by atoms with Gasteiger partial charge in [0.1, 0.15) is 5.75 Å². The van der Waals surface area contributed by atoms with Gasteiger partial charge in [0.15, 0.2) is 0 Å². The number of amides is 1. The molecule has 1 atom stereocenters. The fourth-order valence-electron chi connectivity index (χ4n) is 3.06. The molecule has 1 aliphatic rings. The Morgan fingerprint density at radius 1 is 1.20 bits per heavy atom. The number of thiophene rings is 1. The number of ether oxygens (including phenoxy) is 1. The van der Waals surface area contributed by atoms with E-state index in [1.165, 1.54) is 4.88 Å². The number of nitrogens with zero attached hydrogens (tertiary/aromatic N) is 2. The number of hydrogen-bond acceptors (Lipinski definition) is 5. The Balaban J connectivity index is 1.64. The smallest absolute Gasteiger partial charge is 0.251 e. The SMILES string of the molecule is COc1ccc(C(=O)NC[C@H](c2cccs2)N2CCN(C)CC2)cc1. The van der Waals surface area contributed by atoms with E-state index in [0.29, 0.717) is 12.1 Å². The molecule has 2 heterocycles. The van der Waals surface area contributed by atoms with E-state index in [9.17, 15) is 4.79 Å². The van der Waals surface area contributed by atoms with Gasteiger partial charge in [-0.1, -0.05) is 6.07 Å². The lowest BCUT2D eigenvalue weighted by Gasteiger charge is -2.37. The van der Waals surface area contributed by atoms with Crippen molar-refractivity contribution in [3.05, 3.63) is 52.2 Å². The lowest BCUT2D eigenvalue weighted by Crippen LogP contribution is -2.48. The first-order chi connectivity index (χ1) is 12.2. The van der Waals surface area contributed by atoms with Crippen molar-refractivity contribution >= 4 is 17.2 Å². The van der Waals surface area contributed by atoms with Crippen molar-refractivity contribution in [1.82, 2.24) is 15.1 Å². The van der Waals surface area contributed by atoms with Gasteiger partial charge in [0.05, 0.1) is 13.2 Å². The molecule has 1 amide bonds. The highest BCUT2D eigenvalue weighted by molar-refractivity contribution is 7.10. The number of hydrogen-bond donors (Lipinski definition) is 1. The van der Waals surface area contributed by atoms with Crippen LogP contribution in [0.1, 0.15) is 21.3 Å². The van der Waals surface area contributed by atoms with E-state index in [4.69, 9.17) is 4.74 Å². The summed E-state index contributed by atoms with van der Waals surface area (Å²) < 4.78 is 5.14. The molecule has 0 spiro atoms. The average molecular weight is 359 g/mol. The molecular weight excluding hydrogens is 334 g/mol. The van der Waals surface area contributed by atoms with Gasteiger partial charge in [0.25, 0.3) is 5.91 Å². The number of nitrogens with one attached hydrogen (secondary N) is 1. The molecule has 1 N–H and O–H groups in total. The largest absolute Gasteiger partial charge is 0.497 e. The average Bonchev–Trinajstić information content (AvgIpc) is 3.17. The molecule has 0 saturated carbocycles. The maximum absolute atomic E-state index is 12.5. The molecule has 0 aliphatic carbocycles. The van der Waals surface area contributed by atoms with Crippen molar-refractivity contribution in [2.24, 2.45) is 0 Å². The van der Waals surface area contributed by atoms with Crippen LogP contribution >= 0.6 is 11.3 Å². The summed E-state index contributed by atoms with van der Waals surface area (Å²) in [5.74, 6) is 0.712. The Hall–Kier alpha value is -1.89. The quantitative estimate of drug-likeness (QED) is 0.861. The highest BCUT2D eigenvalue weighted by Gasteiger charge is 2.25. The van der Waals surface area contributed by atoms with Gasteiger partial charge >= 0.3 is 0 Å². The van der Waals surface area contributed by atoms with Crippen molar-refractivity contribution < 1.29 is 9.53 Å². The van der Waals surface area contributed by atoms with Crippen LogP contribution in [-0.4, -0.2) is 62.6 Å². The van der Waals surface area contributed by atoms with Gasteiger partial charge in [-0.15, -0.1) is 11.3 Å². The van der Waals surface area contributed by atoms with Crippen molar-refractivity contribution in [3.63, 3.8) is 0 Å². The van der Waals surface area contributed by atoms with Crippen LogP contribution in [0, 0.1) is 0 Å². The van der Waals surface area contributed by atoms with Gasteiger partial charge in [-0.3, -0.25) is 9.69 Å². The molecule has 5 nitrogen and oxygen atoms in total. The first-order valence-corrected chi connectivity index (χ1v) is 9.43. The van der Waals surface area contributed by atoms with Crippen LogP contribution in [0.4, 0.5) is 0 Å². The number of methoxy groups -OCH3 is 1. The maximum Gasteiger partial charge on any atom is 0.251 e. The summed E-state index contributed by atoms with van der Waals surface area (Å²) in [5, 5.41) is 5.21. The number of likely N-dealkylation sites (N-methyl/N-ethyl adjacent to an activating group) is 1. The molecule has 0 radical (unpaired) electrons. The van der Waals surface area contributed by atoms with Gasteiger partial charge in [-0.2, -0.15) is 0 Å². The normalized spacial score (nSPS) is 17.2. The second-order valence-corrected chi connectivity index (χ2v) is 7.29. The minimum atomic E-state index is -0.0432. The summed E-state index contributed by atoms with van der Waals surface area (Å²) in [6, 6.07) is 11.7. The minimum absolute atomic E-state index is 0.0432. The maximum atomic E-state index is 12.5. The monoisotopic (exact) mass is 359 g/mol. The standard InChI is InChI=1S/C19H25N3O2S/c1-21-9-11-22(12-10-21)17(18-4-3-13-25-18)14-20-19(23)15-5-7-16(24-2)8-6-15/h3-8,13,17H,9-12,14H2,1-2H3,(H,20,23)/t17-/m1/s1. The molecule has 25 heavy (non-hydrogen) atoms. The molecule has 1 saturated heterocycles. The molecule has 6 heteroatoms. The van der Waals surface area contributed by atoms with Crippen LogP contribution in [-0.2, 0) is 0 Å². The minimum Gasteiger partial charge on any atom is -0.497 e. The zero-order valence-electron chi connectivity index (χ0n) is 14.8. The Kier molecular flexibility index (Phi) is 6.07. The number of carbonyl (C=O) groups is 1. The Morgan fingerprint density at radius 2 is 1.92 bits per heavy atom. The molecule has 0 unspecified atom stereocenters. The van der Waals surface area contributed by atoms with Gasteiger partial charge in [-0.25, -0.2) is 0 Å². The van der Waals surface area contributed by atoms with Crippen LogP contribution in [0.3, 0.4) is 0 Å². The molecule has 1 fully saturated rings. The summed E-state index contributed by atoms with van der Waals surface area (Å²) in [6.45, 7) is 4.80. The fraction of sp³-hybridized carbons (Fsp3) is 0.421. The predicted octanol–water partition coefficient (Wildman–Crippen LogP) is 2.48. The third-order valence-corrected chi connectivity index (χ3v) is 5.63. The number of carbonyl (C=O) groups excluding carboxylic acids is 1. The van der Waals surface area contributed by atoms with E-state index in [1.807, 2.05) is 12.1 Å². The molecule has 2 aromatic rings. The van der Waals surface area contributed by atoms with Gasteiger partial charge < -0.3 is 15.0 Å². The number of benzene rings is 1. The van der Waals surface area contributed by atoms with Gasteiger partial charge in [-0.05, 0) is 42.8 Å². The van der Waals surface area contributed by atoms with Gasteiger partial charge in [0, 0.05) is 43.2 Å². The molecule has 0 bridgehead atoms. The molecule has 134 valence electrons. The van der Waals surface area contributed by atoms with Crippen molar-refractivity contribution in [2.75, 3.05) is 46.9 Å². The van der Waals surface area contributed by atoms with E-state index in [1.54, 1.807) is 30.6 Å². The summed E-state index contributed by atoms with van der Waals surface area (Å²) in [4.78, 5) is 18.6. The molecule has 1 aliphatic heterocycles. The van der Waals surface area contributed by atoms with Crippen LogP contribution in [0.2, 0.25) is 0 Å². The van der Waals surface area contributed by atoms with Crippen LogP contribution < -0.4 is 10.1 Å². The molecule has 1 aromatic heterocycles. The van der Waals surface area contributed by atoms with E-state index >= 15 is 0 Å². The lowest BCUT2D eigenvalue weighted by atomic mass is 10.1. The first-order valence-electron chi connectivity index (χ1n) is 8.55.